The summed E-state index contributed by atoms with van der Waals surface area (Å²) in [5, 5.41) is 1.58. The quantitative estimate of drug-likeness (QED) is 0.395. The lowest BCUT2D eigenvalue weighted by atomic mass is 10.2. The van der Waals surface area contributed by atoms with Crippen LogP contribution in [0.15, 0.2) is 84.9 Å². The Morgan fingerprint density at radius 3 is 1.80 bits per heavy atom. The summed E-state index contributed by atoms with van der Waals surface area (Å²) in [5.74, 6) is 0.0730. The van der Waals surface area contributed by atoms with Crippen molar-refractivity contribution in [3.8, 4) is 5.75 Å². The first-order valence-corrected chi connectivity index (χ1v) is 9.95. The van der Waals surface area contributed by atoms with Crippen LogP contribution in [0.3, 0.4) is 0 Å². The maximum atomic E-state index is 14.1. The Morgan fingerprint density at radius 1 is 0.800 bits per heavy atom. The molecular formula is C21H19O3P. The van der Waals surface area contributed by atoms with Crippen LogP contribution >= 0.6 is 7.14 Å². The first-order valence-electron chi connectivity index (χ1n) is 8.06. The van der Waals surface area contributed by atoms with Gasteiger partial charge in [0, 0.05) is 29.3 Å². The van der Waals surface area contributed by atoms with Gasteiger partial charge in [-0.15, -0.1) is 0 Å². The van der Waals surface area contributed by atoms with Gasteiger partial charge in [0.15, 0.2) is 0 Å². The van der Waals surface area contributed by atoms with E-state index in [-0.39, 0.29) is 5.97 Å². The van der Waals surface area contributed by atoms with Gasteiger partial charge >= 0.3 is 5.97 Å². The maximum Gasteiger partial charge on any atom is 0.308 e. The van der Waals surface area contributed by atoms with Crippen molar-refractivity contribution in [1.82, 2.24) is 0 Å². The zero-order chi connectivity index (χ0) is 17.7. The largest absolute Gasteiger partial charge is 0.426 e. The Morgan fingerprint density at radius 2 is 1.28 bits per heavy atom. The molecule has 0 aromatic heterocycles. The molecule has 0 spiro atoms. The molecule has 0 fully saturated rings. The van der Waals surface area contributed by atoms with Gasteiger partial charge in [0.2, 0.25) is 0 Å². The van der Waals surface area contributed by atoms with Crippen molar-refractivity contribution in [2.24, 2.45) is 0 Å². The van der Waals surface area contributed by atoms with Crippen LogP contribution in [0.25, 0.3) is 0 Å². The van der Waals surface area contributed by atoms with Gasteiger partial charge in [0.05, 0.1) is 0 Å². The molecule has 3 aromatic rings. The van der Waals surface area contributed by atoms with Crippen molar-refractivity contribution in [3.05, 3.63) is 90.5 Å². The smallest absolute Gasteiger partial charge is 0.308 e. The highest BCUT2D eigenvalue weighted by Gasteiger charge is 2.28. The molecule has 25 heavy (non-hydrogen) atoms. The summed E-state index contributed by atoms with van der Waals surface area (Å²) in [7, 11) is -2.91. The summed E-state index contributed by atoms with van der Waals surface area (Å²) in [6.45, 7) is 1.37. The van der Waals surface area contributed by atoms with E-state index in [4.69, 9.17) is 4.74 Å². The van der Waals surface area contributed by atoms with E-state index >= 15 is 0 Å². The normalized spacial score (nSPS) is 11.1. The number of hydrogen-bond acceptors (Lipinski definition) is 3. The third kappa shape index (κ3) is 3.89. The van der Waals surface area contributed by atoms with Crippen molar-refractivity contribution in [2.75, 3.05) is 0 Å². The van der Waals surface area contributed by atoms with Gasteiger partial charge in [0.25, 0.3) is 0 Å². The van der Waals surface area contributed by atoms with Gasteiger partial charge in [0.1, 0.15) is 12.9 Å². The van der Waals surface area contributed by atoms with E-state index in [9.17, 15) is 9.36 Å². The minimum atomic E-state index is -2.91. The van der Waals surface area contributed by atoms with Crippen molar-refractivity contribution >= 4 is 23.7 Å². The SMILES string of the molecule is CC(=O)Oc1ccccc1CP(=O)(c1ccccc1)c1ccccc1. The number of benzene rings is 3. The van der Waals surface area contributed by atoms with Crippen molar-refractivity contribution in [3.63, 3.8) is 0 Å². The third-order valence-electron chi connectivity index (χ3n) is 3.97. The van der Waals surface area contributed by atoms with Crippen LogP contribution in [0, 0.1) is 0 Å². The highest BCUT2D eigenvalue weighted by molar-refractivity contribution is 7.78. The molecule has 3 aromatic carbocycles. The van der Waals surface area contributed by atoms with Crippen LogP contribution in [0.2, 0.25) is 0 Å². The summed E-state index contributed by atoms with van der Waals surface area (Å²) in [4.78, 5) is 11.4. The molecule has 3 rings (SSSR count). The van der Waals surface area contributed by atoms with Gasteiger partial charge in [-0.1, -0.05) is 78.9 Å². The zero-order valence-corrected chi connectivity index (χ0v) is 14.9. The number of para-hydroxylation sites is 1. The predicted molar refractivity (Wildman–Crippen MR) is 101 cm³/mol. The Balaban J connectivity index is 2.09. The first kappa shape index (κ1) is 17.2. The number of carbonyl (C=O) groups is 1. The molecule has 0 heterocycles. The Bertz CT molecular complexity index is 861. The predicted octanol–water partition coefficient (Wildman–Crippen LogP) is 4.13. The lowest BCUT2D eigenvalue weighted by molar-refractivity contribution is -0.131. The molecule has 0 aliphatic carbocycles. The van der Waals surface area contributed by atoms with E-state index in [1.807, 2.05) is 72.8 Å². The number of rotatable bonds is 5. The van der Waals surface area contributed by atoms with Gasteiger partial charge in [-0.2, -0.15) is 0 Å². The molecule has 0 N–H and O–H groups in total. The van der Waals surface area contributed by atoms with E-state index < -0.39 is 7.14 Å². The van der Waals surface area contributed by atoms with Gasteiger partial charge in [-0.05, 0) is 6.07 Å². The maximum absolute atomic E-state index is 14.1. The Hall–Kier alpha value is -2.64. The highest BCUT2D eigenvalue weighted by atomic mass is 31.2. The number of ether oxygens (including phenoxy) is 1. The summed E-state index contributed by atoms with van der Waals surface area (Å²) in [6.07, 6.45) is 0.296. The second-order valence-electron chi connectivity index (χ2n) is 5.77. The van der Waals surface area contributed by atoms with E-state index in [2.05, 4.69) is 0 Å². The molecule has 0 amide bonds. The molecule has 4 heteroatoms. The molecular weight excluding hydrogens is 331 g/mol. The summed E-state index contributed by atoms with van der Waals surface area (Å²) in [5.41, 5.74) is 0.758. The minimum absolute atomic E-state index is 0.296. The van der Waals surface area contributed by atoms with Crippen molar-refractivity contribution in [2.45, 2.75) is 13.1 Å². The minimum Gasteiger partial charge on any atom is -0.426 e. The molecule has 0 saturated heterocycles. The van der Waals surface area contributed by atoms with Crippen molar-refractivity contribution in [1.29, 1.82) is 0 Å². The Labute approximate surface area is 147 Å². The fraction of sp³-hybridized carbons (Fsp3) is 0.0952. The van der Waals surface area contributed by atoms with Crippen molar-refractivity contribution < 1.29 is 14.1 Å². The molecule has 0 saturated carbocycles. The van der Waals surface area contributed by atoms with Gasteiger partial charge in [-0.3, -0.25) is 4.79 Å². The highest BCUT2D eigenvalue weighted by Crippen LogP contribution is 2.48. The van der Waals surface area contributed by atoms with Crippen LogP contribution in [0.4, 0.5) is 0 Å². The Kier molecular flexibility index (Phi) is 5.16. The number of hydrogen-bond donors (Lipinski definition) is 0. The van der Waals surface area contributed by atoms with E-state index in [1.165, 1.54) is 6.92 Å². The average molecular weight is 350 g/mol. The monoisotopic (exact) mass is 350 g/mol. The summed E-state index contributed by atoms with van der Waals surface area (Å²) < 4.78 is 19.4. The molecule has 0 radical (unpaired) electrons. The second kappa shape index (κ2) is 7.50. The number of esters is 1. The average Bonchev–Trinajstić information content (AvgIpc) is 2.64. The number of carbonyl (C=O) groups excluding carboxylic acids is 1. The van der Waals surface area contributed by atoms with Crippen LogP contribution in [0.1, 0.15) is 12.5 Å². The molecule has 0 bridgehead atoms. The van der Waals surface area contributed by atoms with Gasteiger partial charge in [-0.25, -0.2) is 0 Å². The van der Waals surface area contributed by atoms with E-state index in [0.29, 0.717) is 11.9 Å². The van der Waals surface area contributed by atoms with Gasteiger partial charge < -0.3 is 9.30 Å². The van der Waals surface area contributed by atoms with E-state index in [1.54, 1.807) is 12.1 Å². The fourth-order valence-corrected chi connectivity index (χ4v) is 5.51. The van der Waals surface area contributed by atoms with Crippen LogP contribution in [-0.2, 0) is 15.5 Å². The van der Waals surface area contributed by atoms with Crippen LogP contribution in [0.5, 0.6) is 5.75 Å². The molecule has 3 nitrogen and oxygen atoms in total. The lowest BCUT2D eigenvalue weighted by Gasteiger charge is -2.20. The first-order chi connectivity index (χ1) is 12.1. The molecule has 0 unspecified atom stereocenters. The fourth-order valence-electron chi connectivity index (χ4n) is 2.80. The molecule has 0 aliphatic rings. The molecule has 0 atom stereocenters. The standard InChI is InChI=1S/C21H19O3P/c1-17(22)24-21-15-9-8-10-18(21)16-25(23,19-11-4-2-5-12-19)20-13-6-3-7-14-20/h2-15H,16H2,1H3. The topological polar surface area (TPSA) is 43.4 Å². The molecule has 0 aliphatic heterocycles. The lowest BCUT2D eigenvalue weighted by Crippen LogP contribution is -2.18. The zero-order valence-electron chi connectivity index (χ0n) is 14.0. The third-order valence-corrected chi connectivity index (χ3v) is 7.02. The summed E-state index contributed by atoms with van der Waals surface area (Å²) in [6, 6.07) is 26.2. The van der Waals surface area contributed by atoms with Crippen LogP contribution in [-0.4, -0.2) is 5.97 Å². The second-order valence-corrected chi connectivity index (χ2v) is 8.60. The molecule has 126 valence electrons. The summed E-state index contributed by atoms with van der Waals surface area (Å²) >= 11 is 0. The van der Waals surface area contributed by atoms with Crippen LogP contribution < -0.4 is 15.3 Å². The van der Waals surface area contributed by atoms with E-state index in [0.717, 1.165) is 16.2 Å².